The Morgan fingerprint density at radius 3 is 2.46 bits per heavy atom. The number of carbonyl (C=O) groups excluding carboxylic acids is 2. The predicted octanol–water partition coefficient (Wildman–Crippen LogP) is 1.66. The number of rotatable bonds is 4. The zero-order valence-corrected chi connectivity index (χ0v) is 16.5. The quantitative estimate of drug-likeness (QED) is 0.797. The summed E-state index contributed by atoms with van der Waals surface area (Å²) in [5.74, 6) is -0.910. The van der Waals surface area contributed by atoms with Crippen molar-refractivity contribution in [3.63, 3.8) is 0 Å². The number of hydrogen-bond acceptors (Lipinski definition) is 5. The first kappa shape index (κ1) is 20.7. The highest BCUT2D eigenvalue weighted by atomic mass is 35.5. The SMILES string of the molecule is CC(C)N1C(=O)c2ccc(C(=O)NC3(CN)CCCC3)cc2S1(=O)=O.Cl. The molecule has 3 N–H and O–H groups in total. The topological polar surface area (TPSA) is 110 Å². The lowest BCUT2D eigenvalue weighted by Crippen LogP contribution is -2.51. The maximum atomic E-state index is 12.6. The zero-order valence-electron chi connectivity index (χ0n) is 14.8. The van der Waals surface area contributed by atoms with Crippen LogP contribution in [0.15, 0.2) is 23.1 Å². The van der Waals surface area contributed by atoms with Gasteiger partial charge in [-0.2, -0.15) is 0 Å². The van der Waals surface area contributed by atoms with Gasteiger partial charge >= 0.3 is 0 Å². The third-order valence-electron chi connectivity index (χ3n) is 5.01. The highest BCUT2D eigenvalue weighted by molar-refractivity contribution is 7.90. The molecule has 3 rings (SSSR count). The number of hydrogen-bond donors (Lipinski definition) is 2. The van der Waals surface area contributed by atoms with Crippen molar-refractivity contribution < 1.29 is 18.0 Å². The molecule has 2 amide bonds. The molecule has 1 aliphatic heterocycles. The molecule has 0 unspecified atom stereocenters. The van der Waals surface area contributed by atoms with Gasteiger partial charge in [0, 0.05) is 18.2 Å². The van der Waals surface area contributed by atoms with Crippen LogP contribution in [0.3, 0.4) is 0 Å². The van der Waals surface area contributed by atoms with E-state index in [0.29, 0.717) is 6.54 Å². The molecule has 9 heteroatoms. The molecule has 0 aromatic heterocycles. The first-order valence-electron chi connectivity index (χ1n) is 8.47. The summed E-state index contributed by atoms with van der Waals surface area (Å²) in [6.45, 7) is 3.63. The average molecular weight is 402 g/mol. The number of nitrogens with two attached hydrogens (primary N) is 1. The van der Waals surface area contributed by atoms with Gasteiger partial charge in [0.05, 0.1) is 11.1 Å². The van der Waals surface area contributed by atoms with Gasteiger partial charge in [-0.3, -0.25) is 9.59 Å². The maximum absolute atomic E-state index is 12.6. The molecule has 1 heterocycles. The van der Waals surface area contributed by atoms with E-state index in [1.54, 1.807) is 13.8 Å². The van der Waals surface area contributed by atoms with Crippen LogP contribution in [0, 0.1) is 0 Å². The average Bonchev–Trinajstić information content (AvgIpc) is 3.09. The number of nitrogens with one attached hydrogen (secondary N) is 1. The minimum Gasteiger partial charge on any atom is -0.345 e. The summed E-state index contributed by atoms with van der Waals surface area (Å²) in [6.07, 6.45) is 3.65. The molecule has 2 aliphatic rings. The minimum absolute atomic E-state index is 0. The lowest BCUT2D eigenvalue weighted by atomic mass is 9.97. The van der Waals surface area contributed by atoms with E-state index >= 15 is 0 Å². The molecule has 0 saturated heterocycles. The summed E-state index contributed by atoms with van der Waals surface area (Å²) in [5, 5.41) is 2.96. The van der Waals surface area contributed by atoms with E-state index in [2.05, 4.69) is 5.32 Å². The molecule has 1 aromatic carbocycles. The van der Waals surface area contributed by atoms with E-state index in [9.17, 15) is 18.0 Å². The zero-order chi connectivity index (χ0) is 18.4. The highest BCUT2D eigenvalue weighted by Crippen LogP contribution is 2.33. The molecular formula is C17H24ClN3O4S. The number of benzene rings is 1. The Balaban J connectivity index is 0.00000243. The maximum Gasteiger partial charge on any atom is 0.269 e. The van der Waals surface area contributed by atoms with Crippen molar-refractivity contribution in [1.82, 2.24) is 9.62 Å². The van der Waals surface area contributed by atoms with Crippen molar-refractivity contribution in [1.29, 1.82) is 0 Å². The molecule has 1 aliphatic carbocycles. The fourth-order valence-corrected chi connectivity index (χ4v) is 5.44. The first-order chi connectivity index (χ1) is 11.7. The summed E-state index contributed by atoms with van der Waals surface area (Å²) >= 11 is 0. The Kier molecular flexibility index (Phi) is 5.70. The van der Waals surface area contributed by atoms with E-state index < -0.39 is 27.5 Å². The molecule has 26 heavy (non-hydrogen) atoms. The fraction of sp³-hybridized carbons (Fsp3) is 0.529. The van der Waals surface area contributed by atoms with Gasteiger partial charge in [-0.25, -0.2) is 12.7 Å². The Morgan fingerprint density at radius 1 is 1.31 bits per heavy atom. The molecule has 0 bridgehead atoms. The molecule has 1 fully saturated rings. The third kappa shape index (κ3) is 3.21. The number of halogens is 1. The van der Waals surface area contributed by atoms with E-state index in [1.165, 1.54) is 18.2 Å². The molecule has 0 atom stereocenters. The van der Waals surface area contributed by atoms with Gasteiger partial charge in [0.1, 0.15) is 4.90 Å². The summed E-state index contributed by atoms with van der Waals surface area (Å²) in [4.78, 5) is 24.8. The Hall–Kier alpha value is -1.64. The van der Waals surface area contributed by atoms with E-state index in [-0.39, 0.29) is 34.3 Å². The summed E-state index contributed by atoms with van der Waals surface area (Å²) in [6, 6.07) is 3.71. The van der Waals surface area contributed by atoms with Crippen LogP contribution in [0.2, 0.25) is 0 Å². The number of fused-ring (bicyclic) bond motifs is 1. The van der Waals surface area contributed by atoms with Crippen molar-refractivity contribution >= 4 is 34.2 Å². The van der Waals surface area contributed by atoms with Gasteiger partial charge in [-0.15, -0.1) is 12.4 Å². The molecule has 1 aromatic rings. The van der Waals surface area contributed by atoms with Gasteiger partial charge in [-0.1, -0.05) is 12.8 Å². The minimum atomic E-state index is -3.92. The van der Waals surface area contributed by atoms with Gasteiger partial charge in [-0.05, 0) is 44.9 Å². The van der Waals surface area contributed by atoms with Gasteiger partial charge < -0.3 is 11.1 Å². The fourth-order valence-electron chi connectivity index (χ4n) is 3.64. The monoisotopic (exact) mass is 401 g/mol. The molecule has 0 spiro atoms. The molecule has 7 nitrogen and oxygen atoms in total. The van der Waals surface area contributed by atoms with Crippen LogP contribution in [0.4, 0.5) is 0 Å². The van der Waals surface area contributed by atoms with Crippen LogP contribution in [-0.2, 0) is 10.0 Å². The lowest BCUT2D eigenvalue weighted by Gasteiger charge is -2.28. The Labute approximate surface area is 159 Å². The van der Waals surface area contributed by atoms with Crippen molar-refractivity contribution in [2.75, 3.05) is 6.54 Å². The van der Waals surface area contributed by atoms with Crippen LogP contribution in [0.1, 0.15) is 60.2 Å². The summed E-state index contributed by atoms with van der Waals surface area (Å²) < 4.78 is 26.1. The Bertz CT molecular complexity index is 832. The first-order valence-corrected chi connectivity index (χ1v) is 9.91. The summed E-state index contributed by atoms with van der Waals surface area (Å²) in [5.41, 5.74) is 5.75. The van der Waals surface area contributed by atoms with E-state index in [1.807, 2.05) is 0 Å². The largest absolute Gasteiger partial charge is 0.345 e. The van der Waals surface area contributed by atoms with Crippen LogP contribution in [-0.4, -0.2) is 42.7 Å². The smallest absolute Gasteiger partial charge is 0.269 e. The van der Waals surface area contributed by atoms with Crippen molar-refractivity contribution in [2.24, 2.45) is 5.73 Å². The van der Waals surface area contributed by atoms with Crippen LogP contribution in [0.5, 0.6) is 0 Å². The molecule has 144 valence electrons. The molecule has 0 radical (unpaired) electrons. The standard InChI is InChI=1S/C17H23N3O4S.ClH/c1-11(2)20-16(22)13-6-5-12(9-14(13)25(20,23)24)15(21)19-17(10-18)7-3-4-8-17;/h5-6,9,11H,3-4,7-8,10,18H2,1-2H3,(H,19,21);1H. The second kappa shape index (κ2) is 7.17. The second-order valence-corrected chi connectivity index (χ2v) is 8.84. The number of nitrogens with zero attached hydrogens (tertiary/aromatic N) is 1. The lowest BCUT2D eigenvalue weighted by molar-refractivity contribution is 0.0844. The third-order valence-corrected chi connectivity index (χ3v) is 7.01. The van der Waals surface area contributed by atoms with Crippen LogP contribution in [0.25, 0.3) is 0 Å². The number of sulfonamides is 1. The predicted molar refractivity (Wildman–Crippen MR) is 99.9 cm³/mol. The van der Waals surface area contributed by atoms with Crippen molar-refractivity contribution in [3.05, 3.63) is 29.3 Å². The van der Waals surface area contributed by atoms with Gasteiger partial charge in [0.15, 0.2) is 0 Å². The normalized spacial score (nSPS) is 20.0. The van der Waals surface area contributed by atoms with Crippen molar-refractivity contribution in [2.45, 2.75) is 56.0 Å². The highest BCUT2D eigenvalue weighted by Gasteiger charge is 2.43. The van der Waals surface area contributed by atoms with Gasteiger partial charge in [0.25, 0.3) is 21.8 Å². The molecule has 1 saturated carbocycles. The van der Waals surface area contributed by atoms with Crippen LogP contribution >= 0.6 is 12.4 Å². The summed E-state index contributed by atoms with van der Waals surface area (Å²) in [7, 11) is -3.92. The van der Waals surface area contributed by atoms with E-state index in [0.717, 1.165) is 30.0 Å². The number of amides is 2. The van der Waals surface area contributed by atoms with Crippen molar-refractivity contribution in [3.8, 4) is 0 Å². The second-order valence-electron chi connectivity index (χ2n) is 7.06. The van der Waals surface area contributed by atoms with Gasteiger partial charge in [0.2, 0.25) is 0 Å². The molecular weight excluding hydrogens is 378 g/mol. The van der Waals surface area contributed by atoms with E-state index in [4.69, 9.17) is 5.73 Å². The number of carbonyl (C=O) groups is 2. The Morgan fingerprint density at radius 2 is 1.92 bits per heavy atom. The van der Waals surface area contributed by atoms with Crippen LogP contribution < -0.4 is 11.1 Å².